The van der Waals surface area contributed by atoms with Crippen LogP contribution >= 0.6 is 0 Å². The summed E-state index contributed by atoms with van der Waals surface area (Å²) in [6.07, 6.45) is 3.20. The molecule has 0 amide bonds. The zero-order chi connectivity index (χ0) is 12.3. The maximum Gasteiger partial charge on any atom is 0.118 e. The minimum atomic E-state index is 0.802. The van der Waals surface area contributed by atoms with Crippen molar-refractivity contribution in [2.45, 2.75) is 33.4 Å². The Bertz CT molecular complexity index is 346. The van der Waals surface area contributed by atoms with Gasteiger partial charge >= 0.3 is 0 Å². The maximum absolute atomic E-state index is 5.59. The Balaban J connectivity index is 1.84. The fourth-order valence-electron chi connectivity index (χ4n) is 2.58. The molecule has 17 heavy (non-hydrogen) atoms. The summed E-state index contributed by atoms with van der Waals surface area (Å²) in [4.78, 5) is 2.51. The molecule has 1 saturated heterocycles. The van der Waals surface area contributed by atoms with E-state index in [9.17, 15) is 0 Å². The molecule has 1 unspecified atom stereocenters. The van der Waals surface area contributed by atoms with E-state index in [1.807, 2.05) is 13.3 Å². The van der Waals surface area contributed by atoms with Crippen molar-refractivity contribution in [3.8, 4) is 0 Å². The molecule has 1 N–H and O–H groups in total. The predicted molar refractivity (Wildman–Crippen MR) is 69.7 cm³/mol. The largest absolute Gasteiger partial charge is 0.468 e. The van der Waals surface area contributed by atoms with Gasteiger partial charge in [-0.1, -0.05) is 13.8 Å². The fraction of sp³-hybridized carbons (Fsp3) is 0.714. The van der Waals surface area contributed by atoms with Crippen LogP contribution in [0, 0.1) is 11.8 Å². The number of likely N-dealkylation sites (tertiary alicyclic amines) is 1. The van der Waals surface area contributed by atoms with Crippen LogP contribution in [-0.2, 0) is 13.1 Å². The third-order valence-corrected chi connectivity index (χ3v) is 3.72. The van der Waals surface area contributed by atoms with E-state index in [1.165, 1.54) is 25.1 Å². The molecule has 0 radical (unpaired) electrons. The van der Waals surface area contributed by atoms with E-state index < -0.39 is 0 Å². The number of nitrogens with one attached hydrogen (secondary N) is 1. The zero-order valence-electron chi connectivity index (χ0n) is 11.2. The molecule has 1 aliphatic rings. The lowest BCUT2D eigenvalue weighted by Gasteiger charge is -2.16. The molecule has 3 nitrogen and oxygen atoms in total. The molecule has 1 aromatic rings. The van der Waals surface area contributed by atoms with Crippen LogP contribution in [0.2, 0.25) is 0 Å². The summed E-state index contributed by atoms with van der Waals surface area (Å²) in [5, 5.41) is 3.14. The molecule has 3 heteroatoms. The van der Waals surface area contributed by atoms with Gasteiger partial charge in [0.25, 0.3) is 0 Å². The number of nitrogens with zero attached hydrogens (tertiary/aromatic N) is 1. The zero-order valence-corrected chi connectivity index (χ0v) is 11.2. The quantitative estimate of drug-likeness (QED) is 0.851. The van der Waals surface area contributed by atoms with E-state index in [0.29, 0.717) is 0 Å². The molecule has 1 aliphatic heterocycles. The first-order valence-corrected chi connectivity index (χ1v) is 6.62. The minimum Gasteiger partial charge on any atom is -0.468 e. The first kappa shape index (κ1) is 12.7. The van der Waals surface area contributed by atoms with E-state index in [4.69, 9.17) is 4.42 Å². The van der Waals surface area contributed by atoms with E-state index in [1.54, 1.807) is 0 Å². The Morgan fingerprint density at radius 2 is 2.35 bits per heavy atom. The second kappa shape index (κ2) is 5.69. The van der Waals surface area contributed by atoms with Crippen molar-refractivity contribution in [2.75, 3.05) is 20.1 Å². The van der Waals surface area contributed by atoms with Crippen molar-refractivity contribution >= 4 is 0 Å². The Morgan fingerprint density at radius 3 is 3.00 bits per heavy atom. The average Bonchev–Trinajstić information content (AvgIpc) is 2.89. The predicted octanol–water partition coefficient (Wildman–Crippen LogP) is 2.48. The SMILES string of the molecule is CNCc1coc(CN2CCC(C(C)C)C2)c1. The second-order valence-corrected chi connectivity index (χ2v) is 5.48. The molecule has 0 bridgehead atoms. The Labute approximate surface area is 104 Å². The molecule has 96 valence electrons. The van der Waals surface area contributed by atoms with Crippen LogP contribution in [0.4, 0.5) is 0 Å². The van der Waals surface area contributed by atoms with Gasteiger partial charge in [0, 0.05) is 18.7 Å². The highest BCUT2D eigenvalue weighted by molar-refractivity contribution is 5.12. The Morgan fingerprint density at radius 1 is 1.53 bits per heavy atom. The molecule has 0 aromatic carbocycles. The number of rotatable bonds is 5. The monoisotopic (exact) mass is 236 g/mol. The van der Waals surface area contributed by atoms with Gasteiger partial charge in [-0.15, -0.1) is 0 Å². The lowest BCUT2D eigenvalue weighted by atomic mass is 9.95. The minimum absolute atomic E-state index is 0.802. The van der Waals surface area contributed by atoms with Gasteiger partial charge in [0.05, 0.1) is 12.8 Å². The topological polar surface area (TPSA) is 28.4 Å². The molecule has 2 heterocycles. The van der Waals surface area contributed by atoms with Gasteiger partial charge in [-0.2, -0.15) is 0 Å². The van der Waals surface area contributed by atoms with E-state index in [2.05, 4.69) is 30.1 Å². The van der Waals surface area contributed by atoms with Crippen LogP contribution in [0.3, 0.4) is 0 Å². The molecule has 2 rings (SSSR count). The summed E-state index contributed by atoms with van der Waals surface area (Å²) in [6.45, 7) is 8.94. The fourth-order valence-corrected chi connectivity index (χ4v) is 2.58. The van der Waals surface area contributed by atoms with Crippen molar-refractivity contribution < 1.29 is 4.42 Å². The van der Waals surface area contributed by atoms with Crippen molar-refractivity contribution in [1.29, 1.82) is 0 Å². The lowest BCUT2D eigenvalue weighted by molar-refractivity contribution is 0.273. The molecular formula is C14H24N2O. The van der Waals surface area contributed by atoms with Crippen molar-refractivity contribution in [1.82, 2.24) is 10.2 Å². The highest BCUT2D eigenvalue weighted by Crippen LogP contribution is 2.25. The Kier molecular flexibility index (Phi) is 4.24. The van der Waals surface area contributed by atoms with Gasteiger partial charge < -0.3 is 9.73 Å². The molecule has 0 aliphatic carbocycles. The Hall–Kier alpha value is -0.800. The second-order valence-electron chi connectivity index (χ2n) is 5.48. The van der Waals surface area contributed by atoms with E-state index in [0.717, 1.165) is 30.7 Å². The normalized spacial score (nSPS) is 21.5. The molecular weight excluding hydrogens is 212 g/mol. The first-order chi connectivity index (χ1) is 8.19. The van der Waals surface area contributed by atoms with Gasteiger partial charge in [0.1, 0.15) is 5.76 Å². The van der Waals surface area contributed by atoms with Crippen molar-refractivity contribution in [3.05, 3.63) is 23.7 Å². The van der Waals surface area contributed by atoms with Gasteiger partial charge in [-0.25, -0.2) is 0 Å². The summed E-state index contributed by atoms with van der Waals surface area (Å²) >= 11 is 0. The number of furan rings is 1. The number of hydrogen-bond acceptors (Lipinski definition) is 3. The molecule has 0 saturated carbocycles. The van der Waals surface area contributed by atoms with Crippen LogP contribution < -0.4 is 5.32 Å². The van der Waals surface area contributed by atoms with Crippen LogP contribution in [0.15, 0.2) is 16.7 Å². The summed E-state index contributed by atoms with van der Waals surface area (Å²) in [5.74, 6) is 2.76. The van der Waals surface area contributed by atoms with Crippen molar-refractivity contribution in [3.63, 3.8) is 0 Å². The van der Waals surface area contributed by atoms with Crippen LogP contribution in [0.25, 0.3) is 0 Å². The van der Waals surface area contributed by atoms with Gasteiger partial charge in [-0.05, 0) is 37.9 Å². The summed E-state index contributed by atoms with van der Waals surface area (Å²) in [6, 6.07) is 2.17. The van der Waals surface area contributed by atoms with Gasteiger partial charge in [-0.3, -0.25) is 4.90 Å². The highest BCUT2D eigenvalue weighted by atomic mass is 16.3. The highest BCUT2D eigenvalue weighted by Gasteiger charge is 2.25. The van der Waals surface area contributed by atoms with Crippen LogP contribution in [-0.4, -0.2) is 25.0 Å². The standard InChI is InChI=1S/C14H24N2O/c1-11(2)13-4-5-16(8-13)9-14-6-12(7-15-3)10-17-14/h6,10-11,13,15H,4-5,7-9H2,1-3H3. The lowest BCUT2D eigenvalue weighted by Crippen LogP contribution is -2.21. The third-order valence-electron chi connectivity index (χ3n) is 3.72. The maximum atomic E-state index is 5.59. The number of hydrogen-bond donors (Lipinski definition) is 1. The summed E-state index contributed by atoms with van der Waals surface area (Å²) < 4.78 is 5.59. The van der Waals surface area contributed by atoms with Gasteiger partial charge in [0.15, 0.2) is 0 Å². The average molecular weight is 236 g/mol. The molecule has 0 spiro atoms. The van der Waals surface area contributed by atoms with Crippen LogP contribution in [0.5, 0.6) is 0 Å². The van der Waals surface area contributed by atoms with E-state index >= 15 is 0 Å². The first-order valence-electron chi connectivity index (χ1n) is 6.62. The van der Waals surface area contributed by atoms with E-state index in [-0.39, 0.29) is 0 Å². The third kappa shape index (κ3) is 3.33. The van der Waals surface area contributed by atoms with Gasteiger partial charge in [0.2, 0.25) is 0 Å². The molecule has 1 aromatic heterocycles. The summed E-state index contributed by atoms with van der Waals surface area (Å²) in [7, 11) is 1.96. The smallest absolute Gasteiger partial charge is 0.118 e. The molecule has 1 fully saturated rings. The molecule has 1 atom stereocenters. The summed E-state index contributed by atoms with van der Waals surface area (Å²) in [5.41, 5.74) is 1.24. The van der Waals surface area contributed by atoms with Crippen LogP contribution in [0.1, 0.15) is 31.6 Å². The van der Waals surface area contributed by atoms with Crippen molar-refractivity contribution in [2.24, 2.45) is 11.8 Å².